The maximum Gasteiger partial charge on any atom is 3.00 e. The molecule has 0 aliphatic carbocycles. The van der Waals surface area contributed by atoms with Crippen molar-refractivity contribution in [2.24, 2.45) is 0 Å². The maximum absolute atomic E-state index is 10.4. The van der Waals surface area contributed by atoms with Gasteiger partial charge >= 0.3 is 26.2 Å². The monoisotopic (exact) mass is 661 g/mol. The van der Waals surface area contributed by atoms with E-state index in [4.69, 9.17) is 10.3 Å². The van der Waals surface area contributed by atoms with Gasteiger partial charge in [-0.25, -0.2) is 4.98 Å². The third kappa shape index (κ3) is 9.87. The van der Waals surface area contributed by atoms with E-state index in [1.54, 1.807) is 45.6 Å². The predicted molar refractivity (Wildman–Crippen MR) is 180 cm³/mol. The maximum atomic E-state index is 10.4. The normalized spacial score (nSPS) is 11.2. The van der Waals surface area contributed by atoms with Crippen LogP contribution in [0.4, 0.5) is 5.69 Å². The Kier molecular flexibility index (Phi) is 16.5. The number of hydrogen-bond acceptors (Lipinski definition) is 3. The molecule has 223 valence electrons. The van der Waals surface area contributed by atoms with Gasteiger partial charge in [-0.05, 0) is 67.5 Å². The van der Waals surface area contributed by atoms with Gasteiger partial charge in [-0.15, -0.1) is 17.0 Å². The van der Waals surface area contributed by atoms with Crippen molar-refractivity contribution in [3.8, 4) is 17.0 Å². The number of para-hydroxylation sites is 2. The van der Waals surface area contributed by atoms with E-state index in [0.717, 1.165) is 22.0 Å². The minimum absolute atomic E-state index is 0. The van der Waals surface area contributed by atoms with Gasteiger partial charge in [0.15, 0.2) is 0 Å². The van der Waals surface area contributed by atoms with Crippen molar-refractivity contribution in [3.63, 3.8) is 0 Å². The second kappa shape index (κ2) is 18.4. The summed E-state index contributed by atoms with van der Waals surface area (Å²) in [6.45, 7) is 15.4. The molecule has 0 spiro atoms. The number of aryl methyl sites for hydroxylation is 3. The standard InChI is InChI=1S/C31H35N2OS.2C2H6N.Zr/c1-18(2)23-12-10-13-24(19(3)4)29(23)33-30(28-21(6)15-20(5)16-22(28)7)31-32-26(17-35-31)25-11-8-9-14-27(25)34;2*1-3-2;/h8-19,30,34H,1-7H3;2*1-2H3;/q3*-1;+3. The largest absolute Gasteiger partial charge is 3.00 e. The van der Waals surface area contributed by atoms with Crippen LogP contribution in [-0.4, -0.2) is 38.3 Å². The fourth-order valence-electron chi connectivity index (χ4n) is 4.88. The molecule has 0 aliphatic heterocycles. The SMILES string of the molecule is C[N-]C.C[N-]C.Cc1cc(C)c(C([N-]c2c(C(C)C)cccc2C(C)C)c2nc(-c3ccccc3O)cs2)c(C)c1.[Zr+3]. The third-order valence-corrected chi connectivity index (χ3v) is 7.45. The van der Waals surface area contributed by atoms with Gasteiger partial charge in [0, 0.05) is 10.9 Å². The minimum Gasteiger partial charge on any atom is -0.672 e. The Bertz CT molecular complexity index is 1330. The minimum atomic E-state index is -0.224. The smallest absolute Gasteiger partial charge is 0.672 e. The first-order chi connectivity index (χ1) is 19.5. The van der Waals surface area contributed by atoms with E-state index in [9.17, 15) is 5.11 Å². The van der Waals surface area contributed by atoms with Crippen LogP contribution in [0.25, 0.3) is 27.2 Å². The van der Waals surface area contributed by atoms with E-state index in [1.807, 2.05) is 23.6 Å². The summed E-state index contributed by atoms with van der Waals surface area (Å²) in [5.41, 5.74) is 10.1. The van der Waals surface area contributed by atoms with Crippen molar-refractivity contribution in [2.45, 2.75) is 66.3 Å². The Morgan fingerprint density at radius 3 is 1.74 bits per heavy atom. The molecule has 7 heteroatoms. The fourth-order valence-corrected chi connectivity index (χ4v) is 5.75. The Hall–Kier alpha value is -2.31. The Morgan fingerprint density at radius 2 is 1.26 bits per heavy atom. The summed E-state index contributed by atoms with van der Waals surface area (Å²) in [4.78, 5) is 5.03. The molecule has 0 saturated heterocycles. The zero-order valence-corrected chi connectivity index (χ0v) is 30.4. The molecular weight excluding hydrogens is 616 g/mol. The molecule has 42 heavy (non-hydrogen) atoms. The quantitative estimate of drug-likeness (QED) is 0.214. The molecule has 0 fully saturated rings. The number of thiazole rings is 1. The molecule has 0 amide bonds. The van der Waals surface area contributed by atoms with Crippen molar-refractivity contribution in [2.75, 3.05) is 28.2 Å². The summed E-state index contributed by atoms with van der Waals surface area (Å²) in [6.07, 6.45) is 0. The van der Waals surface area contributed by atoms with Crippen molar-refractivity contribution in [1.29, 1.82) is 0 Å². The number of nitrogens with zero attached hydrogens (tertiary/aromatic N) is 4. The summed E-state index contributed by atoms with van der Waals surface area (Å²) in [6, 6.07) is 18.2. The summed E-state index contributed by atoms with van der Waals surface area (Å²) < 4.78 is 0. The summed E-state index contributed by atoms with van der Waals surface area (Å²) >= 11 is 1.61. The second-order valence-electron chi connectivity index (χ2n) is 10.9. The molecule has 5 nitrogen and oxygen atoms in total. The predicted octanol–water partition coefficient (Wildman–Crippen LogP) is 10.7. The molecule has 3 aromatic carbocycles. The summed E-state index contributed by atoms with van der Waals surface area (Å²) in [5, 5.41) is 25.9. The van der Waals surface area contributed by atoms with Crippen molar-refractivity contribution in [3.05, 3.63) is 114 Å². The third-order valence-electron chi connectivity index (χ3n) is 6.55. The van der Waals surface area contributed by atoms with Crippen LogP contribution in [0, 0.1) is 20.8 Å². The van der Waals surface area contributed by atoms with E-state index in [2.05, 4.69) is 89.4 Å². The van der Waals surface area contributed by atoms with Crippen LogP contribution in [0.3, 0.4) is 0 Å². The Morgan fingerprint density at radius 1 is 0.762 bits per heavy atom. The zero-order chi connectivity index (χ0) is 30.7. The number of phenolic OH excluding ortho intramolecular Hbond substituents is 1. The van der Waals surface area contributed by atoms with E-state index >= 15 is 0 Å². The van der Waals surface area contributed by atoms with Crippen LogP contribution < -0.4 is 0 Å². The topological polar surface area (TPSA) is 75.4 Å². The first-order valence-corrected chi connectivity index (χ1v) is 15.0. The number of rotatable bonds is 7. The van der Waals surface area contributed by atoms with Crippen LogP contribution in [0.15, 0.2) is 60.0 Å². The van der Waals surface area contributed by atoms with Gasteiger partial charge in [0.05, 0.1) is 10.7 Å². The Labute approximate surface area is 277 Å². The van der Waals surface area contributed by atoms with Crippen LogP contribution in [0.2, 0.25) is 0 Å². The number of benzene rings is 3. The first kappa shape index (κ1) is 37.7. The average molecular weight is 663 g/mol. The number of hydrogen-bond donors (Lipinski definition) is 1. The van der Waals surface area contributed by atoms with Crippen LogP contribution >= 0.6 is 11.3 Å². The second-order valence-corrected chi connectivity index (χ2v) is 11.8. The fraction of sp³-hybridized carbons (Fsp3) is 0.400. The summed E-state index contributed by atoms with van der Waals surface area (Å²) in [5.74, 6) is 0.968. The van der Waals surface area contributed by atoms with Gasteiger partial charge < -0.3 is 21.1 Å². The molecule has 1 heterocycles. The first-order valence-electron chi connectivity index (χ1n) is 14.1. The molecule has 1 unspecified atom stereocenters. The number of aromatic hydroxyl groups is 1. The molecule has 4 aromatic rings. The van der Waals surface area contributed by atoms with E-state index in [0.29, 0.717) is 11.8 Å². The molecule has 1 atom stereocenters. The van der Waals surface area contributed by atoms with Crippen molar-refractivity contribution >= 4 is 17.0 Å². The van der Waals surface area contributed by atoms with Crippen LogP contribution in [0.5, 0.6) is 5.75 Å². The summed E-state index contributed by atoms with van der Waals surface area (Å²) in [7, 11) is 7.00. The van der Waals surface area contributed by atoms with Gasteiger partial charge in [-0.1, -0.05) is 86.8 Å². The van der Waals surface area contributed by atoms with E-state index < -0.39 is 0 Å². The Balaban J connectivity index is 0.00000116. The van der Waals surface area contributed by atoms with Crippen LogP contribution in [-0.2, 0) is 26.2 Å². The van der Waals surface area contributed by atoms with Gasteiger partial charge in [-0.3, -0.25) is 0 Å². The average Bonchev–Trinajstić information content (AvgIpc) is 3.38. The molecule has 4 rings (SSSR count). The van der Waals surface area contributed by atoms with Gasteiger partial charge in [0.1, 0.15) is 5.75 Å². The van der Waals surface area contributed by atoms with Crippen molar-refractivity contribution in [1.82, 2.24) is 4.98 Å². The molecule has 0 aliphatic rings. The van der Waals surface area contributed by atoms with Gasteiger partial charge in [0.25, 0.3) is 0 Å². The molecule has 0 bridgehead atoms. The molecule has 1 N–H and O–H groups in total. The van der Waals surface area contributed by atoms with Crippen molar-refractivity contribution < 1.29 is 31.3 Å². The number of phenols is 1. The van der Waals surface area contributed by atoms with E-state index in [-0.39, 0.29) is 38.0 Å². The molecule has 1 aromatic heterocycles. The molecular formula is C35H47N4OSZr. The molecule has 1 radical (unpaired) electrons. The molecule has 0 saturated carbocycles. The zero-order valence-electron chi connectivity index (χ0n) is 27.1. The van der Waals surface area contributed by atoms with Gasteiger partial charge in [0.2, 0.25) is 0 Å². The number of aromatic nitrogens is 1. The van der Waals surface area contributed by atoms with E-state index in [1.165, 1.54) is 33.4 Å². The van der Waals surface area contributed by atoms with Crippen LogP contribution in [0.1, 0.15) is 84.0 Å². The van der Waals surface area contributed by atoms with Gasteiger partial charge in [-0.2, -0.15) is 28.2 Å².